The Balaban J connectivity index is 2.34. The van der Waals surface area contributed by atoms with E-state index in [4.69, 9.17) is 11.6 Å². The fraction of sp³-hybridized carbons (Fsp3) is 0.143. The van der Waals surface area contributed by atoms with Gasteiger partial charge < -0.3 is 0 Å². The van der Waals surface area contributed by atoms with Gasteiger partial charge in [-0.25, -0.2) is 9.97 Å². The van der Waals surface area contributed by atoms with Gasteiger partial charge in [0, 0.05) is 15.1 Å². The summed E-state index contributed by atoms with van der Waals surface area (Å²) in [5, 5.41) is -0.207. The molecule has 0 aliphatic heterocycles. The third kappa shape index (κ3) is 2.50. The van der Waals surface area contributed by atoms with Crippen molar-refractivity contribution in [3.63, 3.8) is 0 Å². The predicted octanol–water partition coefficient (Wildman–Crippen LogP) is 5.25. The third-order valence-corrected chi connectivity index (χ3v) is 4.03. The average molecular weight is 416 g/mol. The van der Waals surface area contributed by atoms with Crippen molar-refractivity contribution in [1.82, 2.24) is 14.5 Å². The molecule has 20 heavy (non-hydrogen) atoms. The van der Waals surface area contributed by atoms with Gasteiger partial charge in [-0.3, -0.25) is 4.57 Å². The van der Waals surface area contributed by atoms with E-state index in [1.54, 1.807) is 6.20 Å². The lowest BCUT2D eigenvalue weighted by atomic mass is 10.3. The minimum absolute atomic E-state index is 0.207. The van der Waals surface area contributed by atoms with Crippen LogP contribution in [0.15, 0.2) is 45.5 Å². The van der Waals surface area contributed by atoms with Gasteiger partial charge >= 0.3 is 0 Å². The molecule has 3 rings (SSSR count). The lowest BCUT2D eigenvalue weighted by molar-refractivity contribution is 0.876. The van der Waals surface area contributed by atoms with Crippen molar-refractivity contribution < 1.29 is 0 Å². The zero-order valence-corrected chi connectivity index (χ0v) is 14.4. The van der Waals surface area contributed by atoms with Crippen LogP contribution in [0.5, 0.6) is 0 Å². The third-order valence-electron chi connectivity index (χ3n) is 2.91. The van der Waals surface area contributed by atoms with Gasteiger partial charge in [0.1, 0.15) is 11.3 Å². The molecule has 3 aromatic rings. The van der Waals surface area contributed by atoms with E-state index in [0.717, 1.165) is 31.6 Å². The molecular weight excluding hydrogens is 405 g/mol. The second-order valence-corrected chi connectivity index (χ2v) is 6.88. The van der Waals surface area contributed by atoms with Gasteiger partial charge in [0.25, 0.3) is 0 Å². The van der Waals surface area contributed by atoms with Crippen molar-refractivity contribution in [2.75, 3.05) is 0 Å². The molecule has 0 saturated heterocycles. The van der Waals surface area contributed by atoms with Crippen LogP contribution in [-0.4, -0.2) is 14.5 Å². The molecule has 1 aromatic carbocycles. The molecule has 2 aromatic heterocycles. The smallest absolute Gasteiger partial charge is 0.164 e. The topological polar surface area (TPSA) is 30.7 Å². The first-order valence-electron chi connectivity index (χ1n) is 6.00. The molecule has 0 amide bonds. The summed E-state index contributed by atoms with van der Waals surface area (Å²) in [5.41, 5.74) is 2.61. The largest absolute Gasteiger partial charge is 0.279 e. The van der Waals surface area contributed by atoms with Gasteiger partial charge in [-0.05, 0) is 47.1 Å². The molecule has 0 saturated carbocycles. The van der Waals surface area contributed by atoms with Crippen LogP contribution in [0.2, 0.25) is 0 Å². The number of alkyl halides is 1. The zero-order chi connectivity index (χ0) is 14.3. The summed E-state index contributed by atoms with van der Waals surface area (Å²) in [7, 11) is 0. The molecule has 3 nitrogen and oxygen atoms in total. The first kappa shape index (κ1) is 14.0. The fourth-order valence-electron chi connectivity index (χ4n) is 2.09. The Bertz CT molecular complexity index is 783. The number of benzene rings is 1. The van der Waals surface area contributed by atoms with Crippen LogP contribution in [0.3, 0.4) is 0 Å². The first-order valence-corrected chi connectivity index (χ1v) is 8.02. The highest BCUT2D eigenvalue weighted by Crippen LogP contribution is 2.29. The van der Waals surface area contributed by atoms with E-state index in [2.05, 4.69) is 41.8 Å². The van der Waals surface area contributed by atoms with Crippen molar-refractivity contribution >= 4 is 54.6 Å². The maximum atomic E-state index is 6.27. The summed E-state index contributed by atoms with van der Waals surface area (Å²) in [6.45, 7) is 1.91. The fourth-order valence-corrected chi connectivity index (χ4v) is 2.95. The molecule has 0 N–H and O–H groups in total. The predicted molar refractivity (Wildman–Crippen MR) is 88.5 cm³/mol. The van der Waals surface area contributed by atoms with Gasteiger partial charge in [-0.2, -0.15) is 0 Å². The Labute approximate surface area is 138 Å². The van der Waals surface area contributed by atoms with E-state index >= 15 is 0 Å². The van der Waals surface area contributed by atoms with Gasteiger partial charge in [-0.1, -0.05) is 22.0 Å². The van der Waals surface area contributed by atoms with Crippen LogP contribution in [0.4, 0.5) is 0 Å². The molecule has 2 heterocycles. The minimum Gasteiger partial charge on any atom is -0.279 e. The number of hydrogen-bond donors (Lipinski definition) is 0. The highest BCUT2D eigenvalue weighted by Gasteiger charge is 2.17. The van der Waals surface area contributed by atoms with Crippen LogP contribution in [0.25, 0.3) is 16.9 Å². The minimum atomic E-state index is -0.207. The van der Waals surface area contributed by atoms with Crippen LogP contribution in [0.1, 0.15) is 18.1 Å². The second-order valence-electron chi connectivity index (χ2n) is 4.40. The highest BCUT2D eigenvalue weighted by atomic mass is 79.9. The maximum absolute atomic E-state index is 6.27. The SMILES string of the molecule is CC(Cl)c1nc2cc(Br)cnc2n1-c1cccc(Br)c1. The number of imidazole rings is 1. The van der Waals surface area contributed by atoms with Gasteiger partial charge in [-0.15, -0.1) is 11.6 Å². The van der Waals surface area contributed by atoms with E-state index in [9.17, 15) is 0 Å². The van der Waals surface area contributed by atoms with Crippen molar-refractivity contribution in [2.24, 2.45) is 0 Å². The number of rotatable bonds is 2. The monoisotopic (exact) mass is 413 g/mol. The second kappa shape index (κ2) is 5.47. The van der Waals surface area contributed by atoms with Gasteiger partial charge in [0.2, 0.25) is 0 Å². The molecule has 0 radical (unpaired) electrons. The molecule has 6 heteroatoms. The van der Waals surface area contributed by atoms with Crippen molar-refractivity contribution in [2.45, 2.75) is 12.3 Å². The van der Waals surface area contributed by atoms with Crippen molar-refractivity contribution in [3.05, 3.63) is 51.3 Å². The molecule has 0 bridgehead atoms. The molecule has 0 fully saturated rings. The molecule has 0 spiro atoms. The van der Waals surface area contributed by atoms with Crippen LogP contribution in [-0.2, 0) is 0 Å². The number of pyridine rings is 1. The average Bonchev–Trinajstić information content (AvgIpc) is 2.77. The normalized spacial score (nSPS) is 12.8. The van der Waals surface area contributed by atoms with Crippen LogP contribution >= 0.6 is 43.5 Å². The lowest BCUT2D eigenvalue weighted by Gasteiger charge is -2.10. The van der Waals surface area contributed by atoms with E-state index in [1.165, 1.54) is 0 Å². The number of nitrogens with zero attached hydrogens (tertiary/aromatic N) is 3. The van der Waals surface area contributed by atoms with Crippen molar-refractivity contribution in [1.29, 1.82) is 0 Å². The lowest BCUT2D eigenvalue weighted by Crippen LogP contribution is -2.02. The molecule has 0 aliphatic rings. The number of fused-ring (bicyclic) bond motifs is 1. The summed E-state index contributed by atoms with van der Waals surface area (Å²) >= 11 is 13.2. The van der Waals surface area contributed by atoms with Gasteiger partial charge in [0.05, 0.1) is 11.1 Å². The van der Waals surface area contributed by atoms with Crippen molar-refractivity contribution in [3.8, 4) is 5.69 Å². The summed E-state index contributed by atoms with van der Waals surface area (Å²) in [4.78, 5) is 9.07. The van der Waals surface area contributed by atoms with Crippen LogP contribution in [0, 0.1) is 0 Å². The quantitative estimate of drug-likeness (QED) is 0.536. The molecule has 102 valence electrons. The molecule has 1 unspecified atom stereocenters. The first-order chi connectivity index (χ1) is 9.56. The Hall–Kier alpha value is -0.910. The number of hydrogen-bond acceptors (Lipinski definition) is 2. The molecule has 1 atom stereocenters. The van der Waals surface area contributed by atoms with Gasteiger partial charge in [0.15, 0.2) is 5.65 Å². The Morgan fingerprint density at radius 1 is 1.20 bits per heavy atom. The zero-order valence-electron chi connectivity index (χ0n) is 10.5. The van der Waals surface area contributed by atoms with E-state index in [0.29, 0.717) is 0 Å². The Morgan fingerprint density at radius 2 is 2.00 bits per heavy atom. The summed E-state index contributed by atoms with van der Waals surface area (Å²) in [6, 6.07) is 9.94. The standard InChI is InChI=1S/C14H10Br2ClN3/c1-8(17)13-19-12-6-10(16)7-18-14(12)20(13)11-4-2-3-9(15)5-11/h2-8H,1H3. The van der Waals surface area contributed by atoms with E-state index < -0.39 is 0 Å². The number of aromatic nitrogens is 3. The Morgan fingerprint density at radius 3 is 2.70 bits per heavy atom. The van der Waals surface area contributed by atoms with E-state index in [-0.39, 0.29) is 5.38 Å². The molecular formula is C14H10Br2ClN3. The summed E-state index contributed by atoms with van der Waals surface area (Å²) < 4.78 is 3.89. The maximum Gasteiger partial charge on any atom is 0.164 e. The van der Waals surface area contributed by atoms with E-state index in [1.807, 2.05) is 41.8 Å². The Kier molecular flexibility index (Phi) is 3.84. The summed E-state index contributed by atoms with van der Waals surface area (Å²) in [5.74, 6) is 0.783. The number of halogens is 3. The summed E-state index contributed by atoms with van der Waals surface area (Å²) in [6.07, 6.45) is 1.77. The highest BCUT2D eigenvalue weighted by molar-refractivity contribution is 9.10. The molecule has 0 aliphatic carbocycles. The van der Waals surface area contributed by atoms with Crippen LogP contribution < -0.4 is 0 Å².